The summed E-state index contributed by atoms with van der Waals surface area (Å²) in [5, 5.41) is 0. The lowest BCUT2D eigenvalue weighted by molar-refractivity contribution is -0.132. The first-order valence-corrected chi connectivity index (χ1v) is 5.60. The van der Waals surface area contributed by atoms with E-state index >= 15 is 0 Å². The van der Waals surface area contributed by atoms with Crippen LogP contribution in [0.2, 0.25) is 0 Å². The Morgan fingerprint density at radius 3 is 2.76 bits per heavy atom. The van der Waals surface area contributed by atoms with Gasteiger partial charge in [0.2, 0.25) is 0 Å². The lowest BCUT2D eigenvalue weighted by Gasteiger charge is -2.20. The molecule has 1 aromatic heterocycles. The van der Waals surface area contributed by atoms with Crippen molar-refractivity contribution in [1.82, 2.24) is 9.97 Å². The Labute approximate surface area is 100 Å². The molecule has 0 amide bonds. The Morgan fingerprint density at radius 1 is 1.53 bits per heavy atom. The molecular weight excluding hydrogens is 220 g/mol. The van der Waals surface area contributed by atoms with Gasteiger partial charge >= 0.3 is 5.69 Å². The largest absolute Gasteiger partial charge is 0.369 e. The molecule has 0 aromatic carbocycles. The van der Waals surface area contributed by atoms with Gasteiger partial charge in [-0.2, -0.15) is 0 Å². The molecule has 1 rings (SSSR count). The number of Topliss-reactive ketones (excluding diaryl/α,β-unsaturated/α-hetero) is 1. The van der Waals surface area contributed by atoms with Crippen molar-refractivity contribution in [1.29, 1.82) is 0 Å². The van der Waals surface area contributed by atoms with Gasteiger partial charge in [-0.3, -0.25) is 4.79 Å². The lowest BCUT2D eigenvalue weighted by Crippen LogP contribution is -2.27. The number of carbonyl (C=O) groups is 1. The van der Waals surface area contributed by atoms with Crippen molar-refractivity contribution in [2.45, 2.75) is 33.8 Å². The molecule has 17 heavy (non-hydrogen) atoms. The average molecular weight is 238 g/mol. The smallest absolute Gasteiger partial charge is 0.344 e. The maximum atomic E-state index is 11.7. The van der Waals surface area contributed by atoms with Crippen LogP contribution in [-0.2, 0) is 16.1 Å². The number of nitrogens with one attached hydrogen (secondary N) is 1. The minimum atomic E-state index is -0.392. The van der Waals surface area contributed by atoms with Crippen LogP contribution in [0.5, 0.6) is 0 Å². The van der Waals surface area contributed by atoms with Crippen LogP contribution < -0.4 is 5.69 Å². The van der Waals surface area contributed by atoms with Crippen molar-refractivity contribution in [3.63, 3.8) is 0 Å². The number of carbonyl (C=O) groups excluding carboxylic acids is 1. The number of hydrogen-bond acceptors (Lipinski definition) is 4. The zero-order valence-electron chi connectivity index (χ0n) is 10.4. The minimum Gasteiger partial charge on any atom is -0.369 e. The van der Waals surface area contributed by atoms with Crippen molar-refractivity contribution in [2.24, 2.45) is 5.41 Å². The molecule has 0 unspecified atom stereocenters. The Balaban J connectivity index is 2.41. The molecule has 0 aliphatic heterocycles. The highest BCUT2D eigenvalue weighted by Gasteiger charge is 2.24. The van der Waals surface area contributed by atoms with Gasteiger partial charge in [-0.15, -0.1) is 0 Å². The van der Waals surface area contributed by atoms with Crippen LogP contribution in [0.4, 0.5) is 0 Å². The third kappa shape index (κ3) is 4.11. The van der Waals surface area contributed by atoms with Gasteiger partial charge in [-0.05, 0) is 6.42 Å². The number of ether oxygens (including phenoxy) is 1. The molecule has 1 N–H and O–H groups in total. The summed E-state index contributed by atoms with van der Waals surface area (Å²) in [4.78, 5) is 28.5. The summed E-state index contributed by atoms with van der Waals surface area (Å²) < 4.78 is 5.30. The second kappa shape index (κ2) is 5.72. The zero-order chi connectivity index (χ0) is 12.9. The maximum Gasteiger partial charge on any atom is 0.344 e. The predicted molar refractivity (Wildman–Crippen MR) is 63.6 cm³/mol. The van der Waals surface area contributed by atoms with Gasteiger partial charge in [0, 0.05) is 23.4 Å². The Hall–Kier alpha value is -1.49. The first kappa shape index (κ1) is 13.6. The van der Waals surface area contributed by atoms with Gasteiger partial charge in [-0.1, -0.05) is 20.8 Å². The first-order valence-electron chi connectivity index (χ1n) is 5.60. The molecule has 1 aromatic rings. The fourth-order valence-electron chi connectivity index (χ4n) is 1.10. The molecule has 0 saturated heterocycles. The fourth-order valence-corrected chi connectivity index (χ4v) is 1.10. The van der Waals surface area contributed by atoms with Crippen LogP contribution >= 0.6 is 0 Å². The Morgan fingerprint density at radius 2 is 2.24 bits per heavy atom. The lowest BCUT2D eigenvalue weighted by atomic mass is 9.86. The van der Waals surface area contributed by atoms with E-state index in [1.165, 1.54) is 12.4 Å². The molecule has 1 heterocycles. The van der Waals surface area contributed by atoms with E-state index in [2.05, 4.69) is 9.97 Å². The van der Waals surface area contributed by atoms with Crippen LogP contribution in [-0.4, -0.2) is 22.4 Å². The topological polar surface area (TPSA) is 72.0 Å². The van der Waals surface area contributed by atoms with Crippen LogP contribution in [0, 0.1) is 5.41 Å². The number of aromatic amines is 1. The second-order valence-corrected chi connectivity index (χ2v) is 4.58. The monoisotopic (exact) mass is 238 g/mol. The maximum absolute atomic E-state index is 11.7. The van der Waals surface area contributed by atoms with E-state index in [0.717, 1.165) is 12.0 Å². The second-order valence-electron chi connectivity index (χ2n) is 4.58. The van der Waals surface area contributed by atoms with Crippen molar-refractivity contribution in [3.8, 4) is 0 Å². The molecule has 5 heteroatoms. The molecular formula is C12H18N2O3. The van der Waals surface area contributed by atoms with E-state index in [9.17, 15) is 9.59 Å². The van der Waals surface area contributed by atoms with Gasteiger partial charge in [0.15, 0.2) is 5.78 Å². The third-order valence-electron chi connectivity index (χ3n) is 2.87. The molecule has 0 bridgehead atoms. The molecule has 0 spiro atoms. The summed E-state index contributed by atoms with van der Waals surface area (Å²) >= 11 is 0. The minimum absolute atomic E-state index is 0.0809. The third-order valence-corrected chi connectivity index (χ3v) is 2.87. The summed E-state index contributed by atoms with van der Waals surface area (Å²) in [6, 6.07) is 0. The normalized spacial score (nSPS) is 11.5. The average Bonchev–Trinajstić information content (AvgIpc) is 2.31. The highest BCUT2D eigenvalue weighted by atomic mass is 16.5. The number of ketones is 1. The van der Waals surface area contributed by atoms with E-state index in [1.807, 2.05) is 20.8 Å². The Bertz CT molecular complexity index is 417. The van der Waals surface area contributed by atoms with Gasteiger partial charge in [0.25, 0.3) is 0 Å². The SMILES string of the molecule is CCC(C)(C)C(=O)COCc1cnc(=O)[nH]c1. The first-order chi connectivity index (χ1) is 7.95. The van der Waals surface area contributed by atoms with Gasteiger partial charge in [-0.25, -0.2) is 9.78 Å². The fraction of sp³-hybridized carbons (Fsp3) is 0.583. The molecule has 94 valence electrons. The molecule has 0 saturated carbocycles. The number of H-pyrrole nitrogens is 1. The van der Waals surface area contributed by atoms with E-state index in [0.29, 0.717) is 0 Å². The van der Waals surface area contributed by atoms with Gasteiger partial charge in [0.05, 0.1) is 6.61 Å². The van der Waals surface area contributed by atoms with E-state index in [1.54, 1.807) is 0 Å². The highest BCUT2D eigenvalue weighted by Crippen LogP contribution is 2.20. The molecule has 0 aliphatic rings. The Kier molecular flexibility index (Phi) is 4.57. The standard InChI is InChI=1S/C12H18N2O3/c1-4-12(2,3)10(15)8-17-7-9-5-13-11(16)14-6-9/h5-6H,4,7-8H2,1-3H3,(H,13,14,16). The van der Waals surface area contributed by atoms with Crippen LogP contribution in [0.3, 0.4) is 0 Å². The van der Waals surface area contributed by atoms with Gasteiger partial charge < -0.3 is 9.72 Å². The van der Waals surface area contributed by atoms with Crippen molar-refractivity contribution < 1.29 is 9.53 Å². The summed E-state index contributed by atoms with van der Waals surface area (Å²) in [5.74, 6) is 0.0809. The molecule has 0 radical (unpaired) electrons. The van der Waals surface area contributed by atoms with Crippen LogP contribution in [0.25, 0.3) is 0 Å². The highest BCUT2D eigenvalue weighted by molar-refractivity contribution is 5.85. The number of aromatic nitrogens is 2. The van der Waals surface area contributed by atoms with E-state index in [-0.39, 0.29) is 24.4 Å². The molecule has 0 aliphatic carbocycles. The number of nitrogens with zero attached hydrogens (tertiary/aromatic N) is 1. The quantitative estimate of drug-likeness (QED) is 0.810. The summed E-state index contributed by atoms with van der Waals surface area (Å²) in [6.07, 6.45) is 3.76. The van der Waals surface area contributed by atoms with E-state index in [4.69, 9.17) is 4.74 Å². The molecule has 0 atom stereocenters. The van der Waals surface area contributed by atoms with Crippen molar-refractivity contribution in [3.05, 3.63) is 28.4 Å². The van der Waals surface area contributed by atoms with E-state index < -0.39 is 5.69 Å². The van der Waals surface area contributed by atoms with Crippen LogP contribution in [0.1, 0.15) is 32.8 Å². The summed E-state index contributed by atoms with van der Waals surface area (Å²) in [5.41, 5.74) is 0.00660. The predicted octanol–water partition coefficient (Wildman–Crippen LogP) is 1.29. The molecule has 0 fully saturated rings. The molecule has 5 nitrogen and oxygen atoms in total. The summed E-state index contributed by atoms with van der Waals surface area (Å²) in [6.45, 7) is 6.14. The summed E-state index contributed by atoms with van der Waals surface area (Å²) in [7, 11) is 0. The van der Waals surface area contributed by atoms with Crippen LogP contribution in [0.15, 0.2) is 17.2 Å². The van der Waals surface area contributed by atoms with Gasteiger partial charge in [0.1, 0.15) is 6.61 Å². The van der Waals surface area contributed by atoms with Crippen molar-refractivity contribution in [2.75, 3.05) is 6.61 Å². The van der Waals surface area contributed by atoms with Crippen molar-refractivity contribution >= 4 is 5.78 Å². The number of rotatable bonds is 6. The zero-order valence-corrected chi connectivity index (χ0v) is 10.4. The number of hydrogen-bond donors (Lipinski definition) is 1.